The third-order valence-corrected chi connectivity index (χ3v) is 9.21. The third kappa shape index (κ3) is 4.95. The van der Waals surface area contributed by atoms with Gasteiger partial charge in [-0.15, -0.1) is 0 Å². The Kier molecular flexibility index (Phi) is 6.98. The number of halogens is 2. The lowest BCUT2D eigenvalue weighted by molar-refractivity contribution is -0.0500. The van der Waals surface area contributed by atoms with Crippen molar-refractivity contribution in [3.05, 3.63) is 35.7 Å². The molecule has 3 aliphatic rings. The number of alkyl halides is 2. The first-order chi connectivity index (χ1) is 20.9. The van der Waals surface area contributed by atoms with Crippen LogP contribution >= 0.6 is 7.82 Å². The first-order valence-electron chi connectivity index (χ1n) is 12.7. The summed E-state index contributed by atoms with van der Waals surface area (Å²) in [5.41, 5.74) is 5.11. The van der Waals surface area contributed by atoms with E-state index in [1.165, 1.54) is 0 Å². The van der Waals surface area contributed by atoms with E-state index in [0.717, 1.165) is 34.4 Å². The van der Waals surface area contributed by atoms with Crippen molar-refractivity contribution in [3.8, 4) is 0 Å². The molecule has 236 valence electrons. The van der Waals surface area contributed by atoms with Gasteiger partial charge in [-0.25, -0.2) is 38.3 Å². The molecule has 0 aromatic carbocycles. The van der Waals surface area contributed by atoms with Crippen molar-refractivity contribution in [2.24, 2.45) is 0 Å². The van der Waals surface area contributed by atoms with Crippen LogP contribution in [-0.2, 0) is 37.6 Å². The molecule has 3 fully saturated rings. The van der Waals surface area contributed by atoms with Gasteiger partial charge in [-0.05, 0) is 0 Å². The highest BCUT2D eigenvalue weighted by Crippen LogP contribution is 2.50. The average Bonchev–Trinajstić information content (AvgIpc) is 3.73. The van der Waals surface area contributed by atoms with Gasteiger partial charge in [0.2, 0.25) is 0 Å². The van der Waals surface area contributed by atoms with Gasteiger partial charge in [0, 0.05) is 0 Å². The first kappa shape index (κ1) is 29.2. The Morgan fingerprint density at radius 1 is 0.977 bits per heavy atom. The zero-order chi connectivity index (χ0) is 31.0. The molecule has 7 heterocycles. The molecule has 44 heavy (non-hydrogen) atoms. The maximum absolute atomic E-state index is 15.8. The molecule has 0 aliphatic carbocycles. The minimum absolute atomic E-state index is 0.00299. The summed E-state index contributed by atoms with van der Waals surface area (Å²) in [5.74, 6) is -0.00299. The maximum Gasteiger partial charge on any atom is 0.472 e. The second-order valence-corrected chi connectivity index (χ2v) is 12.7. The van der Waals surface area contributed by atoms with E-state index < -0.39 is 86.1 Å². The van der Waals surface area contributed by atoms with Crippen molar-refractivity contribution in [1.29, 1.82) is 0 Å². The van der Waals surface area contributed by atoms with Gasteiger partial charge in [-0.2, -0.15) is 13.1 Å². The third-order valence-electron chi connectivity index (χ3n) is 7.22. The number of imidazole rings is 2. The summed E-state index contributed by atoms with van der Waals surface area (Å²) in [7, 11) is -9.94. The fourth-order valence-electron chi connectivity index (χ4n) is 5.22. The number of hydrogen-bond donors (Lipinski definition) is 4. The second kappa shape index (κ2) is 10.5. The van der Waals surface area contributed by atoms with Crippen molar-refractivity contribution in [2.45, 2.75) is 49.2 Å². The van der Waals surface area contributed by atoms with Gasteiger partial charge in [0.1, 0.15) is 30.2 Å². The highest BCUT2D eigenvalue weighted by molar-refractivity contribution is 7.84. The van der Waals surface area contributed by atoms with Crippen molar-refractivity contribution in [3.63, 3.8) is 0 Å². The number of rotatable bonds is 2. The van der Waals surface area contributed by atoms with Crippen LogP contribution in [0.3, 0.4) is 0 Å². The zero-order valence-corrected chi connectivity index (χ0v) is 23.5. The molecule has 0 spiro atoms. The van der Waals surface area contributed by atoms with Crippen molar-refractivity contribution in [1.82, 2.24) is 43.8 Å². The maximum atomic E-state index is 15.8. The smallest absolute Gasteiger partial charge is 0.382 e. The number of fused-ring (bicyclic) bond motifs is 4. The van der Waals surface area contributed by atoms with Crippen LogP contribution in [0, 0.1) is 0 Å². The fourth-order valence-corrected chi connectivity index (χ4v) is 7.17. The summed E-state index contributed by atoms with van der Waals surface area (Å²) in [6.07, 6.45) is -8.31. The van der Waals surface area contributed by atoms with E-state index in [9.17, 15) is 22.7 Å². The molecule has 0 bridgehead atoms. The van der Waals surface area contributed by atoms with Crippen LogP contribution < -0.4 is 16.0 Å². The van der Waals surface area contributed by atoms with Gasteiger partial charge in [0.25, 0.3) is 5.56 Å². The molecule has 24 heteroatoms. The molecule has 9 atom stereocenters. The number of phosphoric acid groups is 1. The Labute approximate surface area is 243 Å². The molecule has 1 unspecified atom stereocenters. The second-order valence-electron chi connectivity index (χ2n) is 9.87. The molecule has 5 N–H and O–H groups in total. The van der Waals surface area contributed by atoms with Crippen LogP contribution in [0.1, 0.15) is 12.5 Å². The predicted molar refractivity (Wildman–Crippen MR) is 138 cm³/mol. The summed E-state index contributed by atoms with van der Waals surface area (Å²) >= 11 is 0. The van der Waals surface area contributed by atoms with Crippen LogP contribution in [0.2, 0.25) is 0 Å². The van der Waals surface area contributed by atoms with Gasteiger partial charge in [-0.3, -0.25) is 27.2 Å². The summed E-state index contributed by atoms with van der Waals surface area (Å²) in [6.45, 7) is -1.84. The minimum Gasteiger partial charge on any atom is -0.382 e. The Morgan fingerprint density at radius 3 is 2.43 bits per heavy atom. The molecule has 3 aliphatic heterocycles. The number of anilines is 1. The monoisotopic (exact) mass is 662 g/mol. The number of phosphoric ester groups is 1. The lowest BCUT2D eigenvalue weighted by atomic mass is 10.1. The zero-order valence-electron chi connectivity index (χ0n) is 21.8. The van der Waals surface area contributed by atoms with Crippen molar-refractivity contribution in [2.75, 3.05) is 18.9 Å². The number of ether oxygens (including phenoxy) is 2. The molecule has 0 radical (unpaired) electrons. The number of aromatic nitrogens is 8. The molecular formula is C20H21F2N10O10PS. The number of nitrogen functional groups attached to an aromatic ring is 1. The van der Waals surface area contributed by atoms with E-state index in [1.807, 2.05) is 4.72 Å². The highest BCUT2D eigenvalue weighted by atomic mass is 32.2. The molecule has 0 saturated carbocycles. The topological polar surface area (TPSA) is 263 Å². The van der Waals surface area contributed by atoms with Crippen LogP contribution in [0.5, 0.6) is 0 Å². The molecule has 20 nitrogen and oxygen atoms in total. The van der Waals surface area contributed by atoms with Gasteiger partial charge < -0.3 is 25.1 Å². The molecule has 7 rings (SSSR count). The van der Waals surface area contributed by atoms with Crippen molar-refractivity contribution < 1.29 is 49.4 Å². The van der Waals surface area contributed by atoms with E-state index in [2.05, 4.69) is 29.9 Å². The Hall–Kier alpha value is -3.54. The first-order valence-corrected chi connectivity index (χ1v) is 15.6. The number of H-pyrrole nitrogens is 1. The highest BCUT2D eigenvalue weighted by Gasteiger charge is 2.54. The normalized spacial score (nSPS) is 36.1. The predicted octanol–water partition coefficient (Wildman–Crippen LogP) is -1.25. The van der Waals surface area contributed by atoms with Crippen LogP contribution in [0.15, 0.2) is 30.1 Å². The van der Waals surface area contributed by atoms with E-state index in [4.69, 9.17) is 28.4 Å². The number of aromatic amines is 1. The standard InChI is InChI=1S/C20H21F2N10O10PS/c21-9-11-7(40-19(9)31-5-28-12-15(23)24-3-25-16(12)31)1-38-43(34,35)42-14-8(2-39-44(36,37)30-11)41-20(10(14)22)32-6-29-13-17(32)26-4-27-18(13)33/h3-11,14,19-20,30H,1-2H2,(H,34,35)(H2,23,24,25)(H,26,27,33)/t7-,8-,9-,10-,11-,14-,19-,20-/m1/s1. The van der Waals surface area contributed by atoms with E-state index >= 15 is 8.78 Å². The number of hydrogen-bond acceptors (Lipinski definition) is 15. The van der Waals surface area contributed by atoms with Crippen LogP contribution in [0.25, 0.3) is 22.3 Å². The molecule has 4 aromatic heterocycles. The summed E-state index contributed by atoms with van der Waals surface area (Å²) in [6, 6.07) is -1.72. The van der Waals surface area contributed by atoms with Gasteiger partial charge >= 0.3 is 18.1 Å². The Balaban J connectivity index is 1.17. The van der Waals surface area contributed by atoms with Gasteiger partial charge in [-0.1, -0.05) is 0 Å². The Bertz CT molecular complexity index is 1960. The molecule has 0 amide bonds. The largest absolute Gasteiger partial charge is 0.472 e. The number of nitrogens with zero attached hydrogens (tertiary/aromatic N) is 7. The average molecular weight is 662 g/mol. The van der Waals surface area contributed by atoms with E-state index in [-0.39, 0.29) is 28.1 Å². The molecule has 3 saturated heterocycles. The quantitative estimate of drug-likeness (QED) is 0.183. The Morgan fingerprint density at radius 2 is 1.66 bits per heavy atom. The van der Waals surface area contributed by atoms with Crippen LogP contribution in [-0.4, -0.2) is 102 Å². The number of nitrogens with one attached hydrogen (secondary N) is 2. The van der Waals surface area contributed by atoms with Crippen molar-refractivity contribution >= 4 is 46.3 Å². The lowest BCUT2D eigenvalue weighted by Crippen LogP contribution is -2.48. The summed E-state index contributed by atoms with van der Waals surface area (Å²) in [5, 5.41) is 0. The lowest BCUT2D eigenvalue weighted by Gasteiger charge is -2.26. The van der Waals surface area contributed by atoms with E-state index in [0.29, 0.717) is 0 Å². The fraction of sp³-hybridized carbons (Fsp3) is 0.500. The molecule has 4 aromatic rings. The summed E-state index contributed by atoms with van der Waals surface area (Å²) < 4.78 is 101. The van der Waals surface area contributed by atoms with Gasteiger partial charge in [0.15, 0.2) is 47.4 Å². The minimum atomic E-state index is -5.14. The SMILES string of the molecule is Nc1ncnc2c1ncn2[C@@H]1O[C@@H]2COP(=O)(O)O[C@H]3[C@@H](F)[C@H](n4cnc5c(=O)[nH]cnc54)O[C@@H]3COS(=O)(=O)N[C@H]2[C@H]1F. The summed E-state index contributed by atoms with van der Waals surface area (Å²) in [4.78, 5) is 44.5. The van der Waals surface area contributed by atoms with Gasteiger partial charge in [0.05, 0.1) is 38.2 Å². The van der Waals surface area contributed by atoms with Crippen LogP contribution in [0.4, 0.5) is 14.6 Å². The van der Waals surface area contributed by atoms with E-state index in [1.54, 1.807) is 0 Å². The number of nitrogens with two attached hydrogens (primary N) is 1. The molecular weight excluding hydrogens is 641 g/mol.